The zero-order valence-electron chi connectivity index (χ0n) is 21.9. The summed E-state index contributed by atoms with van der Waals surface area (Å²) in [6.45, 7) is 35.8. The normalized spacial score (nSPS) is 11.2. The molecule has 1 aliphatic carbocycles. The van der Waals surface area contributed by atoms with E-state index in [1.807, 2.05) is 18.2 Å². The van der Waals surface area contributed by atoms with Crippen LogP contribution in [0.4, 0.5) is 0 Å². The predicted octanol–water partition coefficient (Wildman–Crippen LogP) is 6.24. The van der Waals surface area contributed by atoms with E-state index in [0.29, 0.717) is 0 Å². The standard InChI is InChI=1S/3C7H15N.C6H7.Ti/c3*1-4-7-8(5-2)6-3;1-6-4-2-3-5-6;/h3*4H,1,5-7H2,2-3H3;2,4H,3H2,1H3;/q;;;-1;. The largest absolute Gasteiger partial charge is 0.300 e. The first-order valence-corrected chi connectivity index (χ1v) is 11.7. The maximum atomic E-state index is 3.65. The topological polar surface area (TPSA) is 9.72 Å². The maximum Gasteiger partial charge on any atom is 0.0160 e. The van der Waals surface area contributed by atoms with Crippen LogP contribution in [0, 0.1) is 6.08 Å². The van der Waals surface area contributed by atoms with Gasteiger partial charge >= 0.3 is 0 Å². The molecule has 4 heteroatoms. The molecule has 0 spiro atoms. The Morgan fingerprint density at radius 3 is 1.06 bits per heavy atom. The van der Waals surface area contributed by atoms with Crippen molar-refractivity contribution in [2.24, 2.45) is 0 Å². The maximum absolute atomic E-state index is 3.65. The monoisotopic (exact) mass is 466 g/mol. The molecule has 0 aromatic carbocycles. The molecule has 0 aliphatic heterocycles. The van der Waals surface area contributed by atoms with E-state index < -0.39 is 0 Å². The molecule has 0 aromatic rings. The summed E-state index contributed by atoms with van der Waals surface area (Å²) in [5.41, 5.74) is 1.27. The Labute approximate surface area is 211 Å². The minimum Gasteiger partial charge on any atom is -0.300 e. The van der Waals surface area contributed by atoms with Crippen LogP contribution >= 0.6 is 0 Å². The van der Waals surface area contributed by atoms with Gasteiger partial charge in [-0.25, -0.2) is 11.6 Å². The number of allylic oxidation sites excluding steroid dienone is 4. The fourth-order valence-electron chi connectivity index (χ4n) is 2.51. The Bertz CT molecular complexity index is 386. The van der Waals surface area contributed by atoms with Crippen molar-refractivity contribution in [3.63, 3.8) is 0 Å². The van der Waals surface area contributed by atoms with Gasteiger partial charge in [0.2, 0.25) is 0 Å². The molecule has 0 fully saturated rings. The van der Waals surface area contributed by atoms with Crippen molar-refractivity contribution < 1.29 is 21.7 Å². The molecule has 0 bridgehead atoms. The van der Waals surface area contributed by atoms with Crippen LogP contribution in [-0.4, -0.2) is 73.6 Å². The molecule has 0 radical (unpaired) electrons. The zero-order chi connectivity index (χ0) is 23.6. The van der Waals surface area contributed by atoms with Crippen molar-refractivity contribution in [3.05, 3.63) is 61.8 Å². The van der Waals surface area contributed by atoms with Crippen LogP contribution in [0.1, 0.15) is 54.9 Å². The molecule has 1 rings (SSSR count). The number of rotatable bonds is 12. The molecule has 0 atom stereocenters. The zero-order valence-corrected chi connectivity index (χ0v) is 23.5. The second-order valence-corrected chi connectivity index (χ2v) is 6.79. The summed E-state index contributed by atoms with van der Waals surface area (Å²) in [5.74, 6) is 0. The first-order chi connectivity index (χ1) is 14.4. The summed E-state index contributed by atoms with van der Waals surface area (Å²) in [6.07, 6.45) is 14.1. The second-order valence-electron chi connectivity index (χ2n) is 6.79. The summed E-state index contributed by atoms with van der Waals surface area (Å²) >= 11 is 0. The van der Waals surface area contributed by atoms with Gasteiger partial charge in [0.15, 0.2) is 0 Å². The van der Waals surface area contributed by atoms with Crippen molar-refractivity contribution in [1.29, 1.82) is 0 Å². The van der Waals surface area contributed by atoms with E-state index >= 15 is 0 Å². The van der Waals surface area contributed by atoms with Crippen LogP contribution in [0.5, 0.6) is 0 Å². The van der Waals surface area contributed by atoms with Gasteiger partial charge in [-0.2, -0.15) is 6.08 Å². The summed E-state index contributed by atoms with van der Waals surface area (Å²) in [7, 11) is 0. The summed E-state index contributed by atoms with van der Waals surface area (Å²) < 4.78 is 0. The van der Waals surface area contributed by atoms with Crippen LogP contribution in [0.2, 0.25) is 0 Å². The van der Waals surface area contributed by atoms with Gasteiger partial charge in [0, 0.05) is 41.4 Å². The quantitative estimate of drug-likeness (QED) is 0.192. The van der Waals surface area contributed by atoms with Crippen LogP contribution in [0.15, 0.2) is 55.7 Å². The molecule has 0 N–H and O–H groups in total. The Kier molecular flexibility index (Phi) is 38.2. The number of hydrogen-bond donors (Lipinski definition) is 0. The van der Waals surface area contributed by atoms with Gasteiger partial charge < -0.3 is 14.7 Å². The molecule has 0 saturated heterocycles. The van der Waals surface area contributed by atoms with E-state index in [1.165, 1.54) is 5.57 Å². The van der Waals surface area contributed by atoms with Gasteiger partial charge in [0.25, 0.3) is 0 Å². The van der Waals surface area contributed by atoms with Crippen LogP contribution in [0.25, 0.3) is 0 Å². The molecule has 0 unspecified atom stereocenters. The molecule has 31 heavy (non-hydrogen) atoms. The third kappa shape index (κ3) is 29.3. The smallest absolute Gasteiger partial charge is 0.0160 e. The number of hydrogen-bond acceptors (Lipinski definition) is 3. The number of likely N-dealkylation sites (N-methyl/N-ethyl adjacent to an activating group) is 3. The number of nitrogens with zero attached hydrogens (tertiary/aromatic N) is 3. The molecule has 1 aliphatic rings. The summed E-state index contributed by atoms with van der Waals surface area (Å²) in [6, 6.07) is 0. The van der Waals surface area contributed by atoms with Crippen LogP contribution < -0.4 is 0 Å². The van der Waals surface area contributed by atoms with E-state index in [9.17, 15) is 0 Å². The Morgan fingerprint density at radius 1 is 0.710 bits per heavy atom. The Hall–Kier alpha value is -0.706. The van der Waals surface area contributed by atoms with Crippen LogP contribution in [0.3, 0.4) is 0 Å². The Morgan fingerprint density at radius 2 is 1.00 bits per heavy atom. The molecule has 180 valence electrons. The molecule has 0 heterocycles. The third-order valence-electron chi connectivity index (χ3n) is 4.71. The first kappa shape index (κ1) is 37.6. The molecule has 0 amide bonds. The molecule has 3 nitrogen and oxygen atoms in total. The average Bonchev–Trinajstić information content (AvgIpc) is 3.26. The fourth-order valence-corrected chi connectivity index (χ4v) is 2.51. The van der Waals surface area contributed by atoms with E-state index in [2.05, 4.69) is 101 Å². The SMILES string of the molecule is C=CCN(CC)CC.C=CCN(CC)CC.C=CCN(CC)CC.CC1=[C-]CC=C1.[Ti]. The van der Waals surface area contributed by atoms with Crippen molar-refractivity contribution in [1.82, 2.24) is 14.7 Å². The van der Waals surface area contributed by atoms with E-state index in [-0.39, 0.29) is 21.7 Å². The molecular weight excluding hydrogens is 414 g/mol. The summed E-state index contributed by atoms with van der Waals surface area (Å²) in [4.78, 5) is 6.94. The van der Waals surface area contributed by atoms with Gasteiger partial charge in [0.1, 0.15) is 0 Å². The second kappa shape index (κ2) is 31.5. The van der Waals surface area contributed by atoms with Crippen molar-refractivity contribution in [2.45, 2.75) is 54.9 Å². The van der Waals surface area contributed by atoms with Gasteiger partial charge in [-0.3, -0.25) is 6.08 Å². The van der Waals surface area contributed by atoms with E-state index in [0.717, 1.165) is 65.3 Å². The van der Waals surface area contributed by atoms with Gasteiger partial charge in [-0.15, -0.1) is 26.2 Å². The Balaban J connectivity index is -0.000000156. The minimum atomic E-state index is 0. The molecule has 0 aromatic heterocycles. The minimum absolute atomic E-state index is 0. The molecular formula is C27H52N3Ti-. The van der Waals surface area contributed by atoms with Crippen molar-refractivity contribution in [2.75, 3.05) is 58.9 Å². The van der Waals surface area contributed by atoms with Gasteiger partial charge in [-0.05, 0) is 39.3 Å². The third-order valence-corrected chi connectivity index (χ3v) is 4.71. The predicted molar refractivity (Wildman–Crippen MR) is 140 cm³/mol. The van der Waals surface area contributed by atoms with Gasteiger partial charge in [-0.1, -0.05) is 66.7 Å². The van der Waals surface area contributed by atoms with E-state index in [1.54, 1.807) is 0 Å². The van der Waals surface area contributed by atoms with Crippen LogP contribution in [-0.2, 0) is 21.7 Å². The molecule has 0 saturated carbocycles. The van der Waals surface area contributed by atoms with Gasteiger partial charge in [0.05, 0.1) is 0 Å². The van der Waals surface area contributed by atoms with Crippen molar-refractivity contribution in [3.8, 4) is 0 Å². The van der Waals surface area contributed by atoms with Crippen molar-refractivity contribution >= 4 is 0 Å². The first-order valence-electron chi connectivity index (χ1n) is 11.7. The average molecular weight is 467 g/mol. The van der Waals surface area contributed by atoms with E-state index in [4.69, 9.17) is 0 Å². The fraction of sp³-hybridized carbons (Fsp3) is 0.630. The summed E-state index contributed by atoms with van der Waals surface area (Å²) in [5, 5.41) is 0.